The van der Waals surface area contributed by atoms with Crippen molar-refractivity contribution in [2.45, 2.75) is 20.0 Å². The molecule has 2 aromatic carbocycles. The summed E-state index contributed by atoms with van der Waals surface area (Å²) in [6, 6.07) is 21.7. The Balaban J connectivity index is 2.19. The molecule has 0 spiro atoms. The van der Waals surface area contributed by atoms with E-state index in [2.05, 4.69) is 85.6 Å². The molecular formula is C17H23NSi. The Morgan fingerprint density at radius 2 is 1.37 bits per heavy atom. The van der Waals surface area contributed by atoms with Crippen molar-refractivity contribution in [2.75, 3.05) is 17.6 Å². The van der Waals surface area contributed by atoms with Gasteiger partial charge >= 0.3 is 0 Å². The lowest BCUT2D eigenvalue weighted by Gasteiger charge is -2.32. The van der Waals surface area contributed by atoms with Gasteiger partial charge in [0.15, 0.2) is 0 Å². The lowest BCUT2D eigenvalue weighted by molar-refractivity contribution is 0.926. The first-order chi connectivity index (χ1) is 9.13. The molecule has 2 rings (SSSR count). The third-order valence-electron chi connectivity index (χ3n) is 3.64. The van der Waals surface area contributed by atoms with Gasteiger partial charge in [0, 0.05) is 18.4 Å². The largest absolute Gasteiger partial charge is 0.374 e. The van der Waals surface area contributed by atoms with E-state index in [9.17, 15) is 0 Å². The topological polar surface area (TPSA) is 3.24 Å². The van der Waals surface area contributed by atoms with Crippen LogP contribution in [0.2, 0.25) is 13.1 Å². The molecule has 0 aliphatic rings. The molecule has 0 radical (unpaired) electrons. The normalized spacial score (nSPS) is 11.3. The number of hydrogen-bond acceptors (Lipinski definition) is 1. The highest BCUT2D eigenvalue weighted by Crippen LogP contribution is 2.16. The molecule has 100 valence electrons. The van der Waals surface area contributed by atoms with Gasteiger partial charge in [0.05, 0.1) is 0 Å². The third-order valence-corrected chi connectivity index (χ3v) is 6.71. The predicted octanol–water partition coefficient (Wildman–Crippen LogP) is 3.67. The lowest BCUT2D eigenvalue weighted by atomic mass is 10.3. The molecule has 0 aromatic heterocycles. The van der Waals surface area contributed by atoms with Gasteiger partial charge in [-0.3, -0.25) is 0 Å². The fourth-order valence-corrected chi connectivity index (χ4v) is 5.12. The molecule has 1 nitrogen and oxygen atoms in total. The maximum absolute atomic E-state index is 2.50. The average molecular weight is 269 g/mol. The predicted molar refractivity (Wildman–Crippen MR) is 87.9 cm³/mol. The van der Waals surface area contributed by atoms with Crippen LogP contribution >= 0.6 is 0 Å². The number of nitrogens with zero attached hydrogens (tertiary/aromatic N) is 1. The molecule has 0 amide bonds. The molecule has 0 atom stereocenters. The maximum atomic E-state index is 2.50. The van der Waals surface area contributed by atoms with Crippen LogP contribution in [0.3, 0.4) is 0 Å². The Hall–Kier alpha value is -1.54. The lowest BCUT2D eigenvalue weighted by Crippen LogP contribution is -2.52. The van der Waals surface area contributed by atoms with E-state index in [4.69, 9.17) is 0 Å². The standard InChI is InChI=1S/C17H23NSi/c1-4-18(16-11-7-5-8-12-16)15-19(2,3)17-13-9-6-10-14-17/h5-14H,4,15H2,1-3H3. The van der Waals surface area contributed by atoms with E-state index in [1.54, 1.807) is 0 Å². The Kier molecular flexibility index (Phi) is 4.43. The second-order valence-corrected chi connectivity index (χ2v) is 10.3. The second-order valence-electron chi connectivity index (χ2n) is 5.60. The molecule has 2 aromatic rings. The molecule has 0 aliphatic carbocycles. The van der Waals surface area contributed by atoms with Crippen molar-refractivity contribution >= 4 is 18.9 Å². The van der Waals surface area contributed by atoms with Crippen LogP contribution in [0.4, 0.5) is 5.69 Å². The van der Waals surface area contributed by atoms with Crippen molar-refractivity contribution in [3.8, 4) is 0 Å². The summed E-state index contributed by atoms with van der Waals surface area (Å²) in [5.74, 6) is 0. The molecule has 0 N–H and O–H groups in total. The van der Waals surface area contributed by atoms with Crippen LogP contribution in [-0.2, 0) is 0 Å². The molecule has 0 fully saturated rings. The zero-order valence-corrected chi connectivity index (χ0v) is 13.1. The number of hydrogen-bond donors (Lipinski definition) is 0. The van der Waals surface area contributed by atoms with Crippen LogP contribution in [0, 0.1) is 0 Å². The minimum absolute atomic E-state index is 1.06. The minimum atomic E-state index is -1.42. The molecular weight excluding hydrogens is 246 g/mol. The Bertz CT molecular complexity index is 493. The zero-order valence-electron chi connectivity index (χ0n) is 12.1. The summed E-state index contributed by atoms with van der Waals surface area (Å²) in [4.78, 5) is 2.50. The van der Waals surface area contributed by atoms with Gasteiger partial charge in [-0.25, -0.2) is 0 Å². The van der Waals surface area contributed by atoms with Crippen LogP contribution in [0.15, 0.2) is 60.7 Å². The fourth-order valence-electron chi connectivity index (χ4n) is 2.48. The van der Waals surface area contributed by atoms with Crippen LogP contribution < -0.4 is 10.1 Å². The van der Waals surface area contributed by atoms with Crippen molar-refractivity contribution in [1.29, 1.82) is 0 Å². The highest BCUT2D eigenvalue weighted by Gasteiger charge is 2.25. The summed E-state index contributed by atoms with van der Waals surface area (Å²) in [7, 11) is -1.42. The highest BCUT2D eigenvalue weighted by atomic mass is 28.3. The summed E-state index contributed by atoms with van der Waals surface area (Å²) in [6.45, 7) is 8.21. The van der Waals surface area contributed by atoms with Crippen LogP contribution in [0.1, 0.15) is 6.92 Å². The molecule has 0 unspecified atom stereocenters. The Morgan fingerprint density at radius 3 is 1.89 bits per heavy atom. The average Bonchev–Trinajstić information content (AvgIpc) is 2.47. The van der Waals surface area contributed by atoms with Crippen molar-refractivity contribution in [3.63, 3.8) is 0 Å². The van der Waals surface area contributed by atoms with E-state index >= 15 is 0 Å². The van der Waals surface area contributed by atoms with Crippen LogP contribution in [0.5, 0.6) is 0 Å². The minimum Gasteiger partial charge on any atom is -0.374 e. The summed E-state index contributed by atoms with van der Waals surface area (Å²) >= 11 is 0. The van der Waals surface area contributed by atoms with E-state index in [1.165, 1.54) is 10.9 Å². The van der Waals surface area contributed by atoms with E-state index < -0.39 is 8.07 Å². The SMILES string of the molecule is CCN(C[Si](C)(C)c1ccccc1)c1ccccc1. The summed E-state index contributed by atoms with van der Waals surface area (Å²) in [5, 5.41) is 1.53. The number of rotatable bonds is 5. The van der Waals surface area contributed by atoms with Gasteiger partial charge in [-0.15, -0.1) is 0 Å². The highest BCUT2D eigenvalue weighted by molar-refractivity contribution is 6.90. The molecule has 0 bridgehead atoms. The molecule has 0 heterocycles. The summed E-state index contributed by atoms with van der Waals surface area (Å²) in [6.07, 6.45) is 1.16. The van der Waals surface area contributed by atoms with Crippen LogP contribution in [0.25, 0.3) is 0 Å². The zero-order chi connectivity index (χ0) is 13.7. The number of anilines is 1. The van der Waals surface area contributed by atoms with Gasteiger partial charge < -0.3 is 4.90 Å². The second kappa shape index (κ2) is 6.07. The van der Waals surface area contributed by atoms with E-state index in [0.29, 0.717) is 0 Å². The molecule has 0 saturated heterocycles. The molecule has 19 heavy (non-hydrogen) atoms. The van der Waals surface area contributed by atoms with Crippen molar-refractivity contribution in [1.82, 2.24) is 0 Å². The van der Waals surface area contributed by atoms with Gasteiger partial charge in [-0.1, -0.05) is 66.8 Å². The third kappa shape index (κ3) is 3.48. The van der Waals surface area contributed by atoms with Crippen molar-refractivity contribution in [2.24, 2.45) is 0 Å². The number of benzene rings is 2. The molecule has 0 aliphatic heterocycles. The Labute approximate surface area is 117 Å². The first-order valence-electron chi connectivity index (χ1n) is 6.99. The fraction of sp³-hybridized carbons (Fsp3) is 0.294. The summed E-state index contributed by atoms with van der Waals surface area (Å²) in [5.41, 5.74) is 1.33. The van der Waals surface area contributed by atoms with Gasteiger partial charge in [0.1, 0.15) is 8.07 Å². The monoisotopic (exact) mass is 269 g/mol. The number of para-hydroxylation sites is 1. The van der Waals surface area contributed by atoms with E-state index in [-0.39, 0.29) is 0 Å². The van der Waals surface area contributed by atoms with Gasteiger partial charge in [0.2, 0.25) is 0 Å². The van der Waals surface area contributed by atoms with Crippen LogP contribution in [-0.4, -0.2) is 20.8 Å². The van der Waals surface area contributed by atoms with Gasteiger partial charge in [-0.2, -0.15) is 0 Å². The summed E-state index contributed by atoms with van der Waals surface area (Å²) < 4.78 is 0. The van der Waals surface area contributed by atoms with Gasteiger partial charge in [-0.05, 0) is 19.1 Å². The molecule has 0 saturated carbocycles. The first-order valence-corrected chi connectivity index (χ1v) is 10.2. The smallest absolute Gasteiger partial charge is 0.101 e. The van der Waals surface area contributed by atoms with E-state index in [0.717, 1.165) is 12.7 Å². The van der Waals surface area contributed by atoms with Crippen molar-refractivity contribution in [3.05, 3.63) is 60.7 Å². The van der Waals surface area contributed by atoms with Gasteiger partial charge in [0.25, 0.3) is 0 Å². The quantitative estimate of drug-likeness (QED) is 0.749. The van der Waals surface area contributed by atoms with Crippen molar-refractivity contribution < 1.29 is 0 Å². The molecule has 2 heteroatoms. The maximum Gasteiger partial charge on any atom is 0.101 e. The van der Waals surface area contributed by atoms with E-state index in [1.807, 2.05) is 0 Å². The first kappa shape index (κ1) is 13.9. The Morgan fingerprint density at radius 1 is 0.842 bits per heavy atom.